The highest BCUT2D eigenvalue weighted by Crippen LogP contribution is 2.20. The summed E-state index contributed by atoms with van der Waals surface area (Å²) >= 11 is 0. The number of benzene rings is 3. The molecule has 156 valence electrons. The quantitative estimate of drug-likeness (QED) is 0.306. The molecule has 3 aromatic rings. The summed E-state index contributed by atoms with van der Waals surface area (Å²) in [6.45, 7) is 1.94. The van der Waals surface area contributed by atoms with E-state index in [1.165, 1.54) is 10.8 Å². The number of fused-ring (bicyclic) bond motifs is 1. The summed E-state index contributed by atoms with van der Waals surface area (Å²) in [4.78, 5) is 16.0. The monoisotopic (exact) mass is 404 g/mol. The lowest BCUT2D eigenvalue weighted by Gasteiger charge is -2.13. The van der Waals surface area contributed by atoms with E-state index in [9.17, 15) is 4.79 Å². The number of carbonyl (C=O) groups excluding carboxylic acids is 1. The van der Waals surface area contributed by atoms with E-state index >= 15 is 0 Å². The van der Waals surface area contributed by atoms with Gasteiger partial charge in [-0.3, -0.25) is 9.79 Å². The molecular formula is C24H28N4O2. The van der Waals surface area contributed by atoms with Gasteiger partial charge in [0.15, 0.2) is 5.96 Å². The molecule has 3 N–H and O–H groups in total. The van der Waals surface area contributed by atoms with Gasteiger partial charge in [-0.05, 0) is 47.0 Å². The first-order valence-corrected chi connectivity index (χ1v) is 10.1. The minimum atomic E-state index is -0.0919. The van der Waals surface area contributed by atoms with Crippen molar-refractivity contribution in [2.75, 3.05) is 27.2 Å². The average Bonchev–Trinajstić information content (AvgIpc) is 2.80. The van der Waals surface area contributed by atoms with Crippen molar-refractivity contribution in [2.24, 2.45) is 4.99 Å². The van der Waals surface area contributed by atoms with Gasteiger partial charge < -0.3 is 20.7 Å². The molecule has 6 nitrogen and oxygen atoms in total. The van der Waals surface area contributed by atoms with Crippen LogP contribution in [-0.4, -0.2) is 39.1 Å². The second-order valence-corrected chi connectivity index (χ2v) is 6.84. The summed E-state index contributed by atoms with van der Waals surface area (Å²) < 4.78 is 5.87. The van der Waals surface area contributed by atoms with Crippen LogP contribution in [-0.2, 0) is 6.54 Å². The van der Waals surface area contributed by atoms with Gasteiger partial charge in [0.25, 0.3) is 5.91 Å². The first-order chi connectivity index (χ1) is 14.7. The Hall–Kier alpha value is -3.54. The van der Waals surface area contributed by atoms with Crippen LogP contribution in [0.2, 0.25) is 0 Å². The van der Waals surface area contributed by atoms with Crippen molar-refractivity contribution in [3.8, 4) is 5.75 Å². The van der Waals surface area contributed by atoms with E-state index in [1.54, 1.807) is 20.2 Å². The van der Waals surface area contributed by atoms with Crippen molar-refractivity contribution in [3.05, 3.63) is 77.9 Å². The number of aliphatic imine (C=N–C) groups is 1. The van der Waals surface area contributed by atoms with Gasteiger partial charge >= 0.3 is 0 Å². The zero-order valence-corrected chi connectivity index (χ0v) is 17.4. The lowest BCUT2D eigenvalue weighted by molar-refractivity contribution is 0.0963. The van der Waals surface area contributed by atoms with Crippen LogP contribution in [0.25, 0.3) is 10.8 Å². The van der Waals surface area contributed by atoms with Crippen molar-refractivity contribution >= 4 is 22.6 Å². The molecule has 0 radical (unpaired) electrons. The molecule has 0 bridgehead atoms. The highest BCUT2D eigenvalue weighted by Gasteiger charge is 2.04. The van der Waals surface area contributed by atoms with Crippen LogP contribution in [0.4, 0.5) is 0 Å². The Kier molecular flexibility index (Phi) is 7.66. The van der Waals surface area contributed by atoms with E-state index in [-0.39, 0.29) is 5.91 Å². The van der Waals surface area contributed by atoms with E-state index in [0.29, 0.717) is 24.7 Å². The van der Waals surface area contributed by atoms with Crippen LogP contribution >= 0.6 is 0 Å². The summed E-state index contributed by atoms with van der Waals surface area (Å²) in [7, 11) is 3.37. The Morgan fingerprint density at radius 3 is 2.60 bits per heavy atom. The number of guanidine groups is 1. The first kappa shape index (κ1) is 21.2. The van der Waals surface area contributed by atoms with Crippen molar-refractivity contribution in [3.63, 3.8) is 0 Å². The van der Waals surface area contributed by atoms with E-state index in [1.807, 2.05) is 36.4 Å². The molecule has 0 aliphatic rings. The molecule has 0 aliphatic heterocycles. The molecule has 0 saturated heterocycles. The Morgan fingerprint density at radius 2 is 1.80 bits per heavy atom. The number of hydrogen-bond acceptors (Lipinski definition) is 3. The molecular weight excluding hydrogens is 376 g/mol. The van der Waals surface area contributed by atoms with E-state index in [0.717, 1.165) is 24.3 Å². The molecule has 6 heteroatoms. The number of nitrogens with one attached hydrogen (secondary N) is 3. The molecule has 3 aromatic carbocycles. The Bertz CT molecular complexity index is 1020. The molecule has 0 aromatic heterocycles. The van der Waals surface area contributed by atoms with Crippen molar-refractivity contribution in [1.29, 1.82) is 0 Å². The second kappa shape index (κ2) is 10.9. The zero-order valence-electron chi connectivity index (χ0n) is 17.4. The van der Waals surface area contributed by atoms with Crippen LogP contribution < -0.4 is 20.7 Å². The Balaban J connectivity index is 1.39. The summed E-state index contributed by atoms with van der Waals surface area (Å²) in [6, 6.07) is 21.9. The van der Waals surface area contributed by atoms with Gasteiger partial charge in [0.05, 0.1) is 6.61 Å². The molecule has 0 heterocycles. The maximum Gasteiger partial charge on any atom is 0.251 e. The van der Waals surface area contributed by atoms with E-state index in [4.69, 9.17) is 4.74 Å². The molecule has 0 aliphatic carbocycles. The smallest absolute Gasteiger partial charge is 0.251 e. The molecule has 3 rings (SSSR count). The van der Waals surface area contributed by atoms with Crippen LogP contribution in [0.3, 0.4) is 0 Å². The zero-order chi connectivity index (χ0) is 21.2. The molecule has 0 atom stereocenters. The lowest BCUT2D eigenvalue weighted by Crippen LogP contribution is -2.37. The second-order valence-electron chi connectivity index (χ2n) is 6.84. The fourth-order valence-electron chi connectivity index (χ4n) is 3.10. The molecule has 30 heavy (non-hydrogen) atoms. The molecule has 1 amide bonds. The fourth-order valence-corrected chi connectivity index (χ4v) is 3.10. The SMILES string of the molecule is CN=C(NCCCOc1ccc2ccccc2c1)NCc1cccc(C(=O)NC)c1. The minimum Gasteiger partial charge on any atom is -0.494 e. The topological polar surface area (TPSA) is 74.8 Å². The van der Waals surface area contributed by atoms with Gasteiger partial charge in [0.1, 0.15) is 5.75 Å². The van der Waals surface area contributed by atoms with Gasteiger partial charge in [-0.25, -0.2) is 0 Å². The number of carbonyl (C=O) groups is 1. The standard InChI is InChI=1S/C24H28N4O2/c1-25-23(29)21-10-5-7-18(15-21)17-28-24(26-2)27-13-6-14-30-22-12-11-19-8-3-4-9-20(19)16-22/h3-5,7-12,15-16H,6,13-14,17H2,1-2H3,(H,25,29)(H2,26,27,28). The predicted octanol–water partition coefficient (Wildman–Crippen LogP) is 3.33. The number of amides is 1. The van der Waals surface area contributed by atoms with Gasteiger partial charge in [-0.15, -0.1) is 0 Å². The Labute approximate surface area is 177 Å². The minimum absolute atomic E-state index is 0.0919. The predicted molar refractivity (Wildman–Crippen MR) is 122 cm³/mol. The van der Waals surface area contributed by atoms with E-state index < -0.39 is 0 Å². The van der Waals surface area contributed by atoms with Crippen molar-refractivity contribution < 1.29 is 9.53 Å². The lowest BCUT2D eigenvalue weighted by atomic mass is 10.1. The number of ether oxygens (including phenoxy) is 1. The molecule has 0 spiro atoms. The molecule has 0 fully saturated rings. The van der Waals surface area contributed by atoms with Crippen molar-refractivity contribution in [2.45, 2.75) is 13.0 Å². The third kappa shape index (κ3) is 5.98. The third-order valence-corrected chi connectivity index (χ3v) is 4.70. The van der Waals surface area contributed by atoms with Crippen LogP contribution in [0.5, 0.6) is 5.75 Å². The maximum absolute atomic E-state index is 11.8. The average molecular weight is 405 g/mol. The summed E-state index contributed by atoms with van der Waals surface area (Å²) in [5.41, 5.74) is 1.66. The fraction of sp³-hybridized carbons (Fsp3) is 0.250. The highest BCUT2D eigenvalue weighted by atomic mass is 16.5. The van der Waals surface area contributed by atoms with Gasteiger partial charge in [-0.2, -0.15) is 0 Å². The molecule has 0 saturated carbocycles. The Morgan fingerprint density at radius 1 is 0.967 bits per heavy atom. The van der Waals surface area contributed by atoms with Gasteiger partial charge in [0, 0.05) is 32.7 Å². The normalized spacial score (nSPS) is 11.2. The highest BCUT2D eigenvalue weighted by molar-refractivity contribution is 5.94. The van der Waals surface area contributed by atoms with Crippen molar-refractivity contribution in [1.82, 2.24) is 16.0 Å². The third-order valence-electron chi connectivity index (χ3n) is 4.70. The summed E-state index contributed by atoms with van der Waals surface area (Å²) in [6.07, 6.45) is 0.847. The number of nitrogens with zero attached hydrogens (tertiary/aromatic N) is 1. The van der Waals surface area contributed by atoms with E-state index in [2.05, 4.69) is 45.2 Å². The number of rotatable bonds is 8. The van der Waals surface area contributed by atoms with Crippen LogP contribution in [0.1, 0.15) is 22.3 Å². The van der Waals surface area contributed by atoms with Gasteiger partial charge in [0.2, 0.25) is 0 Å². The van der Waals surface area contributed by atoms with Crippen LogP contribution in [0.15, 0.2) is 71.7 Å². The summed E-state index contributed by atoms with van der Waals surface area (Å²) in [5.74, 6) is 1.50. The first-order valence-electron chi connectivity index (χ1n) is 10.1. The maximum atomic E-state index is 11.8. The largest absolute Gasteiger partial charge is 0.494 e. The van der Waals surface area contributed by atoms with Crippen LogP contribution in [0, 0.1) is 0 Å². The van der Waals surface area contributed by atoms with Gasteiger partial charge in [-0.1, -0.05) is 42.5 Å². The molecule has 0 unspecified atom stereocenters. The summed E-state index contributed by atoms with van der Waals surface area (Å²) in [5, 5.41) is 11.6. The number of hydrogen-bond donors (Lipinski definition) is 3.